The molecule has 3 aromatic carbocycles. The molecular formula is C31H29FN2O2S. The summed E-state index contributed by atoms with van der Waals surface area (Å²) in [5, 5.41) is 1.18. The number of hydrogen-bond acceptors (Lipinski definition) is 2. The van der Waals surface area contributed by atoms with Crippen LogP contribution in [0, 0.1) is 5.82 Å². The molecule has 1 aromatic heterocycles. The van der Waals surface area contributed by atoms with Crippen molar-refractivity contribution in [1.29, 1.82) is 0 Å². The molecule has 0 fully saturated rings. The van der Waals surface area contributed by atoms with Crippen LogP contribution in [-0.4, -0.2) is 39.8 Å². The van der Waals surface area contributed by atoms with E-state index in [0.29, 0.717) is 6.54 Å². The second-order valence-corrected chi connectivity index (χ2v) is 10.9. The van der Waals surface area contributed by atoms with Crippen LogP contribution in [0.25, 0.3) is 28.1 Å². The molecule has 1 unspecified atom stereocenters. The summed E-state index contributed by atoms with van der Waals surface area (Å²) in [6.45, 7) is 2.59. The molecule has 0 radical (unpaired) electrons. The molecule has 188 valence electrons. The molecule has 0 bridgehead atoms. The standard InChI is InChI=1S/C31H29FN2O2S/c1-20-27(16-21-8-11-24(12-9-21)37(3)36)26-13-10-23(32)17-29(26)28(20)18-31(35)34(2)15-14-22-19-33-30-7-5-4-6-25(22)30/h4-13,16-17,19,33H,14-15,18H2,1-3H3/b27-16-. The van der Waals surface area contributed by atoms with Crippen LogP contribution < -0.4 is 0 Å². The van der Waals surface area contributed by atoms with Gasteiger partial charge in [-0.15, -0.1) is 0 Å². The van der Waals surface area contributed by atoms with E-state index in [1.54, 1.807) is 17.2 Å². The Morgan fingerprint density at radius 2 is 1.81 bits per heavy atom. The van der Waals surface area contributed by atoms with Crippen molar-refractivity contribution in [2.24, 2.45) is 0 Å². The number of nitrogens with zero attached hydrogens (tertiary/aromatic N) is 1. The second-order valence-electron chi connectivity index (χ2n) is 9.48. The van der Waals surface area contributed by atoms with Gasteiger partial charge >= 0.3 is 0 Å². The summed E-state index contributed by atoms with van der Waals surface area (Å²) in [6.07, 6.45) is 6.67. The van der Waals surface area contributed by atoms with Gasteiger partial charge in [-0.25, -0.2) is 4.39 Å². The van der Waals surface area contributed by atoms with Crippen LogP contribution in [0.15, 0.2) is 83.4 Å². The van der Waals surface area contributed by atoms with Gasteiger partial charge in [0.2, 0.25) is 5.91 Å². The molecule has 1 heterocycles. The first-order valence-corrected chi connectivity index (χ1v) is 13.8. The minimum Gasteiger partial charge on any atom is -0.361 e. The number of likely N-dealkylation sites (N-methyl/N-ethyl adjacent to an activating group) is 1. The van der Waals surface area contributed by atoms with Crippen LogP contribution in [0.4, 0.5) is 4.39 Å². The molecule has 0 aliphatic heterocycles. The molecule has 0 saturated heterocycles. The highest BCUT2D eigenvalue weighted by Crippen LogP contribution is 2.44. The lowest BCUT2D eigenvalue weighted by atomic mass is 10.0. The quantitative estimate of drug-likeness (QED) is 0.309. The van der Waals surface area contributed by atoms with E-state index in [2.05, 4.69) is 11.1 Å². The van der Waals surface area contributed by atoms with Gasteiger partial charge in [-0.1, -0.05) is 36.4 Å². The minimum atomic E-state index is -1.04. The molecule has 1 amide bonds. The van der Waals surface area contributed by atoms with Crippen molar-refractivity contribution in [2.45, 2.75) is 24.7 Å². The summed E-state index contributed by atoms with van der Waals surface area (Å²) < 4.78 is 26.0. The average Bonchev–Trinajstić information content (AvgIpc) is 3.42. The Morgan fingerprint density at radius 3 is 2.57 bits per heavy atom. The number of rotatable bonds is 7. The molecule has 1 atom stereocenters. The summed E-state index contributed by atoms with van der Waals surface area (Å²) in [4.78, 5) is 19.1. The van der Waals surface area contributed by atoms with E-state index in [0.717, 1.165) is 50.2 Å². The molecular weight excluding hydrogens is 483 g/mol. The molecule has 1 aliphatic carbocycles. The van der Waals surface area contributed by atoms with Crippen LogP contribution in [0.5, 0.6) is 0 Å². The van der Waals surface area contributed by atoms with Gasteiger partial charge in [0.15, 0.2) is 0 Å². The molecule has 0 saturated carbocycles. The first kappa shape index (κ1) is 24.9. The molecule has 4 aromatic rings. The zero-order chi connectivity index (χ0) is 26.1. The van der Waals surface area contributed by atoms with Gasteiger partial charge in [-0.2, -0.15) is 0 Å². The largest absolute Gasteiger partial charge is 0.361 e. The van der Waals surface area contributed by atoms with E-state index >= 15 is 0 Å². The smallest absolute Gasteiger partial charge is 0.226 e. The van der Waals surface area contributed by atoms with Crippen molar-refractivity contribution in [3.05, 3.63) is 107 Å². The number of carbonyl (C=O) groups is 1. The fourth-order valence-electron chi connectivity index (χ4n) is 4.94. The van der Waals surface area contributed by atoms with E-state index in [1.165, 1.54) is 23.1 Å². The minimum absolute atomic E-state index is 0.000399. The van der Waals surface area contributed by atoms with Crippen molar-refractivity contribution < 1.29 is 13.4 Å². The lowest BCUT2D eigenvalue weighted by Gasteiger charge is -2.18. The second kappa shape index (κ2) is 10.3. The highest BCUT2D eigenvalue weighted by atomic mass is 32.2. The van der Waals surface area contributed by atoms with Crippen LogP contribution >= 0.6 is 0 Å². The van der Waals surface area contributed by atoms with Gasteiger partial charge in [-0.3, -0.25) is 9.00 Å². The molecule has 0 spiro atoms. The molecule has 6 heteroatoms. The number of aromatic nitrogens is 1. The SMILES string of the molecule is CC1=C(CC(=O)N(C)CCc2c[nH]c3ccccc23)c2cc(F)ccc2/C1=C\c1ccc(S(C)=O)cc1. The lowest BCUT2D eigenvalue weighted by Crippen LogP contribution is -2.28. The van der Waals surface area contributed by atoms with Crippen molar-refractivity contribution in [2.75, 3.05) is 19.8 Å². The Balaban J connectivity index is 1.38. The van der Waals surface area contributed by atoms with E-state index < -0.39 is 10.8 Å². The first-order valence-electron chi connectivity index (χ1n) is 12.3. The lowest BCUT2D eigenvalue weighted by molar-refractivity contribution is -0.128. The Bertz CT molecular complexity index is 1580. The van der Waals surface area contributed by atoms with Gasteiger partial charge < -0.3 is 9.88 Å². The number of H-pyrrole nitrogens is 1. The number of amides is 1. The maximum Gasteiger partial charge on any atom is 0.226 e. The van der Waals surface area contributed by atoms with E-state index in [4.69, 9.17) is 0 Å². The van der Waals surface area contributed by atoms with Gasteiger partial charge in [0.25, 0.3) is 0 Å². The van der Waals surface area contributed by atoms with Crippen molar-refractivity contribution in [3.63, 3.8) is 0 Å². The predicted molar refractivity (Wildman–Crippen MR) is 150 cm³/mol. The van der Waals surface area contributed by atoms with E-state index in [-0.39, 0.29) is 18.1 Å². The number of carbonyl (C=O) groups excluding carboxylic acids is 1. The van der Waals surface area contributed by atoms with Crippen LogP contribution in [0.1, 0.15) is 35.6 Å². The zero-order valence-electron chi connectivity index (χ0n) is 21.2. The Hall–Kier alpha value is -3.77. The van der Waals surface area contributed by atoms with Crippen molar-refractivity contribution in [3.8, 4) is 0 Å². The molecule has 37 heavy (non-hydrogen) atoms. The van der Waals surface area contributed by atoms with E-state index in [1.807, 2.05) is 68.7 Å². The molecule has 4 nitrogen and oxygen atoms in total. The highest BCUT2D eigenvalue weighted by molar-refractivity contribution is 7.84. The third kappa shape index (κ3) is 5.07. The fraction of sp³-hybridized carbons (Fsp3) is 0.194. The molecule has 5 rings (SSSR count). The Labute approximate surface area is 219 Å². The number of allylic oxidation sites excluding steroid dienone is 2. The maximum atomic E-state index is 14.3. The topological polar surface area (TPSA) is 53.2 Å². The first-order chi connectivity index (χ1) is 17.8. The number of nitrogens with one attached hydrogen (secondary N) is 1. The Kier molecular flexibility index (Phi) is 6.94. The summed E-state index contributed by atoms with van der Waals surface area (Å²) in [6, 6.07) is 20.5. The monoisotopic (exact) mass is 512 g/mol. The summed E-state index contributed by atoms with van der Waals surface area (Å²) >= 11 is 0. The van der Waals surface area contributed by atoms with Gasteiger partial charge in [0, 0.05) is 52.6 Å². The number of para-hydroxylation sites is 1. The maximum absolute atomic E-state index is 14.3. The van der Waals surface area contributed by atoms with Gasteiger partial charge in [0.05, 0.1) is 6.42 Å². The third-order valence-corrected chi connectivity index (χ3v) is 8.06. The van der Waals surface area contributed by atoms with Crippen molar-refractivity contribution in [1.82, 2.24) is 9.88 Å². The molecule has 1 N–H and O–H groups in total. The normalized spacial score (nSPS) is 14.9. The predicted octanol–water partition coefficient (Wildman–Crippen LogP) is 6.46. The fourth-order valence-corrected chi connectivity index (χ4v) is 5.46. The number of aromatic amines is 1. The van der Waals surface area contributed by atoms with Crippen LogP contribution in [0.2, 0.25) is 0 Å². The highest BCUT2D eigenvalue weighted by Gasteiger charge is 2.26. The number of hydrogen-bond donors (Lipinski definition) is 1. The van der Waals surface area contributed by atoms with Crippen LogP contribution in [0.3, 0.4) is 0 Å². The summed E-state index contributed by atoms with van der Waals surface area (Å²) in [5.74, 6) is -0.319. The van der Waals surface area contributed by atoms with E-state index in [9.17, 15) is 13.4 Å². The Morgan fingerprint density at radius 1 is 1.05 bits per heavy atom. The number of fused-ring (bicyclic) bond motifs is 2. The zero-order valence-corrected chi connectivity index (χ0v) is 22.0. The summed E-state index contributed by atoms with van der Waals surface area (Å²) in [5.41, 5.74) is 7.74. The third-order valence-electron chi connectivity index (χ3n) is 7.12. The number of benzene rings is 3. The van der Waals surface area contributed by atoms with Crippen molar-refractivity contribution >= 4 is 44.8 Å². The average molecular weight is 513 g/mol. The number of halogens is 1. The van der Waals surface area contributed by atoms with Gasteiger partial charge in [0.1, 0.15) is 5.82 Å². The van der Waals surface area contributed by atoms with Gasteiger partial charge in [-0.05, 0) is 88.7 Å². The summed E-state index contributed by atoms with van der Waals surface area (Å²) in [7, 11) is 0.785. The van der Waals surface area contributed by atoms with Crippen LogP contribution in [-0.2, 0) is 22.0 Å². The molecule has 1 aliphatic rings.